The van der Waals surface area contributed by atoms with E-state index in [1.54, 1.807) is 12.1 Å². The van der Waals surface area contributed by atoms with Gasteiger partial charge in [-0.05, 0) is 55.4 Å². The van der Waals surface area contributed by atoms with Gasteiger partial charge in [-0.3, -0.25) is 4.79 Å². The molecule has 1 N–H and O–H groups in total. The van der Waals surface area contributed by atoms with Gasteiger partial charge in [-0.1, -0.05) is 51.8 Å². The van der Waals surface area contributed by atoms with Crippen LogP contribution in [0.2, 0.25) is 0 Å². The first-order chi connectivity index (χ1) is 14.3. The quantitative estimate of drug-likeness (QED) is 0.525. The molecule has 2 heterocycles. The summed E-state index contributed by atoms with van der Waals surface area (Å²) in [6, 6.07) is 7.62. The predicted molar refractivity (Wildman–Crippen MR) is 116 cm³/mol. The Hall–Kier alpha value is -2.14. The van der Waals surface area contributed by atoms with E-state index in [0.29, 0.717) is 11.7 Å². The fourth-order valence-electron chi connectivity index (χ4n) is 4.69. The first-order valence-electron chi connectivity index (χ1n) is 11.1. The Morgan fingerprint density at radius 2 is 2.03 bits per heavy atom. The van der Waals surface area contributed by atoms with Gasteiger partial charge in [0.2, 0.25) is 0 Å². The third-order valence-corrected chi connectivity index (χ3v) is 6.51. The van der Waals surface area contributed by atoms with Gasteiger partial charge < -0.3 is 14.6 Å². The molecule has 0 aliphatic carbocycles. The lowest BCUT2D eigenvalue weighted by molar-refractivity contribution is -0.139. The maximum Gasteiger partial charge on any atom is 0.341 e. The SMILES string of the molecule is CCCCC(C)(C)C(=O)/C=C/[C@H]1[C@H](Cc2cccc(OCC(=O)O)c2)[C@H]2CC[C@@H]1O2. The van der Waals surface area contributed by atoms with Crippen molar-refractivity contribution in [1.29, 1.82) is 0 Å². The monoisotopic (exact) mass is 414 g/mol. The molecule has 2 fully saturated rings. The van der Waals surface area contributed by atoms with Gasteiger partial charge in [0.1, 0.15) is 5.75 Å². The molecule has 0 saturated carbocycles. The molecule has 5 heteroatoms. The van der Waals surface area contributed by atoms with Crippen molar-refractivity contribution in [3.05, 3.63) is 42.0 Å². The van der Waals surface area contributed by atoms with E-state index in [2.05, 4.69) is 13.0 Å². The number of carboxylic acid groups (broad SMARTS) is 1. The molecule has 1 aromatic carbocycles. The molecular weight excluding hydrogens is 380 g/mol. The van der Waals surface area contributed by atoms with E-state index >= 15 is 0 Å². The summed E-state index contributed by atoms with van der Waals surface area (Å²) in [5.41, 5.74) is 0.781. The van der Waals surface area contributed by atoms with Gasteiger partial charge in [0.25, 0.3) is 0 Å². The predicted octanol–water partition coefficient (Wildman–Crippen LogP) is 4.83. The molecule has 1 aromatic rings. The number of unbranched alkanes of at least 4 members (excludes halogenated alkanes) is 1. The number of ether oxygens (including phenoxy) is 2. The van der Waals surface area contributed by atoms with Crippen molar-refractivity contribution in [2.24, 2.45) is 17.3 Å². The van der Waals surface area contributed by atoms with Crippen molar-refractivity contribution in [2.45, 2.75) is 71.5 Å². The molecule has 2 saturated heterocycles. The standard InChI is InChI=1S/C25H34O5/c1-4-5-13-25(2,3)23(26)12-9-19-20(22-11-10-21(19)30-22)15-17-7-6-8-18(14-17)29-16-24(27)28/h6-9,12,14,19-22H,4-5,10-11,13,15-16H2,1-3H3,(H,27,28)/b12-9+/t19-,20-,21-,22+/m0/s1. The number of aliphatic carboxylic acids is 1. The van der Waals surface area contributed by atoms with E-state index in [1.807, 2.05) is 32.0 Å². The zero-order chi connectivity index (χ0) is 21.7. The van der Waals surface area contributed by atoms with Crippen molar-refractivity contribution in [3.63, 3.8) is 0 Å². The highest BCUT2D eigenvalue weighted by Crippen LogP contribution is 2.45. The largest absolute Gasteiger partial charge is 0.482 e. The van der Waals surface area contributed by atoms with Gasteiger partial charge in [0.05, 0.1) is 12.2 Å². The molecule has 3 rings (SSSR count). The van der Waals surface area contributed by atoms with Crippen LogP contribution in [0, 0.1) is 17.3 Å². The van der Waals surface area contributed by atoms with Crippen molar-refractivity contribution in [1.82, 2.24) is 0 Å². The summed E-state index contributed by atoms with van der Waals surface area (Å²) in [6.07, 6.45) is 10.3. The Labute approximate surface area is 179 Å². The normalized spacial score (nSPS) is 25.7. The number of hydrogen-bond donors (Lipinski definition) is 1. The first kappa shape index (κ1) is 22.5. The minimum Gasteiger partial charge on any atom is -0.482 e. The third-order valence-electron chi connectivity index (χ3n) is 6.51. The van der Waals surface area contributed by atoms with Crippen LogP contribution in [0.4, 0.5) is 0 Å². The Morgan fingerprint density at radius 3 is 2.77 bits per heavy atom. The van der Waals surface area contributed by atoms with Crippen LogP contribution >= 0.6 is 0 Å². The molecule has 4 atom stereocenters. The fourth-order valence-corrected chi connectivity index (χ4v) is 4.69. The molecule has 5 nitrogen and oxygen atoms in total. The minimum atomic E-state index is -0.987. The fraction of sp³-hybridized carbons (Fsp3) is 0.600. The van der Waals surface area contributed by atoms with Gasteiger partial charge in [0, 0.05) is 11.3 Å². The zero-order valence-electron chi connectivity index (χ0n) is 18.3. The van der Waals surface area contributed by atoms with Crippen LogP contribution in [0.1, 0.15) is 58.4 Å². The van der Waals surface area contributed by atoms with Gasteiger partial charge >= 0.3 is 5.97 Å². The van der Waals surface area contributed by atoms with Gasteiger partial charge in [-0.2, -0.15) is 0 Å². The molecule has 0 radical (unpaired) electrons. The number of benzene rings is 1. The topological polar surface area (TPSA) is 72.8 Å². The number of ketones is 1. The second kappa shape index (κ2) is 9.78. The molecule has 2 bridgehead atoms. The summed E-state index contributed by atoms with van der Waals surface area (Å²) in [4.78, 5) is 23.5. The number of hydrogen-bond acceptors (Lipinski definition) is 4. The number of rotatable bonds is 11. The smallest absolute Gasteiger partial charge is 0.341 e. The van der Waals surface area contributed by atoms with Gasteiger partial charge in [0.15, 0.2) is 12.4 Å². The Bertz CT molecular complexity index is 781. The van der Waals surface area contributed by atoms with E-state index < -0.39 is 5.97 Å². The molecule has 0 aromatic heterocycles. The second-order valence-electron chi connectivity index (χ2n) is 9.28. The van der Waals surface area contributed by atoms with E-state index in [-0.39, 0.29) is 35.9 Å². The number of carbonyl (C=O) groups is 2. The van der Waals surface area contributed by atoms with Gasteiger partial charge in [-0.25, -0.2) is 4.79 Å². The Balaban J connectivity index is 1.68. The summed E-state index contributed by atoms with van der Waals surface area (Å²) < 4.78 is 11.5. The summed E-state index contributed by atoms with van der Waals surface area (Å²) in [5, 5.41) is 8.81. The number of fused-ring (bicyclic) bond motifs is 2. The summed E-state index contributed by atoms with van der Waals surface area (Å²) in [5.74, 6) is 0.332. The molecule has 30 heavy (non-hydrogen) atoms. The molecule has 0 amide bonds. The Kier molecular flexibility index (Phi) is 7.35. The van der Waals surface area contributed by atoms with Crippen LogP contribution in [0.15, 0.2) is 36.4 Å². The highest BCUT2D eigenvalue weighted by Gasteiger charge is 2.47. The van der Waals surface area contributed by atoms with E-state index in [9.17, 15) is 9.59 Å². The molecule has 2 aliphatic rings. The van der Waals surface area contributed by atoms with Crippen LogP contribution in [0.5, 0.6) is 5.75 Å². The zero-order valence-corrected chi connectivity index (χ0v) is 18.3. The lowest BCUT2D eigenvalue weighted by Crippen LogP contribution is -2.28. The average molecular weight is 415 g/mol. The van der Waals surface area contributed by atoms with E-state index in [0.717, 1.165) is 44.1 Å². The maximum atomic E-state index is 12.8. The molecule has 0 spiro atoms. The number of carbonyl (C=O) groups excluding carboxylic acids is 1. The highest BCUT2D eigenvalue weighted by atomic mass is 16.5. The second-order valence-corrected chi connectivity index (χ2v) is 9.28. The van der Waals surface area contributed by atoms with Crippen LogP contribution in [0.25, 0.3) is 0 Å². The number of carboxylic acids is 1. The van der Waals surface area contributed by atoms with Crippen molar-refractivity contribution in [2.75, 3.05) is 6.61 Å². The Morgan fingerprint density at radius 1 is 1.27 bits per heavy atom. The van der Waals surface area contributed by atoms with Crippen molar-refractivity contribution >= 4 is 11.8 Å². The lowest BCUT2D eigenvalue weighted by Gasteiger charge is -2.26. The molecule has 2 aliphatic heterocycles. The highest BCUT2D eigenvalue weighted by molar-refractivity contribution is 5.94. The van der Waals surface area contributed by atoms with Gasteiger partial charge in [-0.15, -0.1) is 0 Å². The number of allylic oxidation sites excluding steroid dienone is 1. The van der Waals surface area contributed by atoms with Crippen LogP contribution in [-0.4, -0.2) is 35.7 Å². The molecule has 0 unspecified atom stereocenters. The summed E-state index contributed by atoms with van der Waals surface area (Å²) in [7, 11) is 0. The van der Waals surface area contributed by atoms with E-state index in [1.165, 1.54) is 0 Å². The third kappa shape index (κ3) is 5.51. The van der Waals surface area contributed by atoms with Crippen LogP contribution < -0.4 is 4.74 Å². The summed E-state index contributed by atoms with van der Waals surface area (Å²) in [6.45, 7) is 5.87. The maximum absolute atomic E-state index is 12.8. The first-order valence-corrected chi connectivity index (χ1v) is 11.1. The molecule has 164 valence electrons. The minimum absolute atomic E-state index is 0.189. The van der Waals surface area contributed by atoms with Crippen LogP contribution in [-0.2, 0) is 20.7 Å². The molecular formula is C25H34O5. The summed E-state index contributed by atoms with van der Waals surface area (Å²) >= 11 is 0. The lowest BCUT2D eigenvalue weighted by atomic mass is 9.75. The van der Waals surface area contributed by atoms with Crippen molar-refractivity contribution in [3.8, 4) is 5.75 Å². The average Bonchev–Trinajstić information content (AvgIpc) is 3.31. The van der Waals surface area contributed by atoms with E-state index in [4.69, 9.17) is 14.6 Å². The van der Waals surface area contributed by atoms with Crippen LogP contribution in [0.3, 0.4) is 0 Å². The van der Waals surface area contributed by atoms with Crippen molar-refractivity contribution < 1.29 is 24.2 Å².